The van der Waals surface area contributed by atoms with Crippen molar-refractivity contribution in [2.45, 2.75) is 19.9 Å². The number of carbonyl (C=O) groups excluding carboxylic acids is 2. The summed E-state index contributed by atoms with van der Waals surface area (Å²) in [5.74, 6) is -1.18. The van der Waals surface area contributed by atoms with E-state index >= 15 is 0 Å². The van der Waals surface area contributed by atoms with Gasteiger partial charge in [0.2, 0.25) is 11.8 Å². The standard InChI is InChI=1S/C16H24ClFN4O2/c1-11(2)20-6-7-21-16(24)10-22(9-15(23)19-3)14-8-12(17)4-5-13(14)18/h4-5,8,11,20H,6-7,9-10H2,1-3H3,(H,19,23)(H,21,24). The maximum absolute atomic E-state index is 14.0. The molecule has 0 fully saturated rings. The lowest BCUT2D eigenvalue weighted by molar-refractivity contribution is -0.120. The molecule has 24 heavy (non-hydrogen) atoms. The second kappa shape index (κ2) is 10.1. The second-order valence-electron chi connectivity index (χ2n) is 5.58. The Balaban J connectivity index is 2.74. The van der Waals surface area contributed by atoms with Crippen LogP contribution in [0, 0.1) is 5.82 Å². The summed E-state index contributed by atoms with van der Waals surface area (Å²) in [5.41, 5.74) is 0.113. The molecule has 1 aromatic rings. The zero-order chi connectivity index (χ0) is 18.1. The van der Waals surface area contributed by atoms with E-state index in [4.69, 9.17) is 11.6 Å². The number of halogens is 2. The molecule has 0 radical (unpaired) electrons. The van der Waals surface area contributed by atoms with Gasteiger partial charge in [0.25, 0.3) is 0 Å². The van der Waals surface area contributed by atoms with Gasteiger partial charge < -0.3 is 20.9 Å². The quantitative estimate of drug-likeness (QED) is 0.579. The molecule has 1 rings (SSSR count). The minimum Gasteiger partial charge on any atom is -0.358 e. The van der Waals surface area contributed by atoms with Gasteiger partial charge in [-0.2, -0.15) is 0 Å². The molecule has 3 N–H and O–H groups in total. The SMILES string of the molecule is CNC(=O)CN(CC(=O)NCCNC(C)C)c1cc(Cl)ccc1F. The van der Waals surface area contributed by atoms with E-state index in [2.05, 4.69) is 16.0 Å². The van der Waals surface area contributed by atoms with Gasteiger partial charge in [-0.1, -0.05) is 25.4 Å². The maximum atomic E-state index is 14.0. The lowest BCUT2D eigenvalue weighted by Crippen LogP contribution is -2.44. The van der Waals surface area contributed by atoms with Crippen LogP contribution in [0.1, 0.15) is 13.8 Å². The van der Waals surface area contributed by atoms with Crippen molar-refractivity contribution in [3.8, 4) is 0 Å². The van der Waals surface area contributed by atoms with Crippen molar-refractivity contribution in [3.05, 3.63) is 29.0 Å². The van der Waals surface area contributed by atoms with Gasteiger partial charge in [0, 0.05) is 31.2 Å². The Morgan fingerprint density at radius 3 is 2.50 bits per heavy atom. The van der Waals surface area contributed by atoms with Gasteiger partial charge in [-0.3, -0.25) is 9.59 Å². The van der Waals surface area contributed by atoms with E-state index in [1.54, 1.807) is 0 Å². The third-order valence-electron chi connectivity index (χ3n) is 3.20. The van der Waals surface area contributed by atoms with Crippen molar-refractivity contribution in [1.82, 2.24) is 16.0 Å². The highest BCUT2D eigenvalue weighted by Gasteiger charge is 2.18. The van der Waals surface area contributed by atoms with Crippen molar-refractivity contribution in [1.29, 1.82) is 0 Å². The normalized spacial score (nSPS) is 10.6. The molecule has 2 amide bonds. The van der Waals surface area contributed by atoms with Crippen LogP contribution < -0.4 is 20.9 Å². The number of hydrogen-bond donors (Lipinski definition) is 3. The van der Waals surface area contributed by atoms with Crippen LogP contribution in [0.15, 0.2) is 18.2 Å². The molecule has 0 aliphatic carbocycles. The number of carbonyl (C=O) groups is 2. The maximum Gasteiger partial charge on any atom is 0.239 e. The van der Waals surface area contributed by atoms with E-state index in [9.17, 15) is 14.0 Å². The molecule has 0 aliphatic heterocycles. The van der Waals surface area contributed by atoms with Crippen LogP contribution in [0.2, 0.25) is 5.02 Å². The molecule has 1 aromatic carbocycles. The fourth-order valence-corrected chi connectivity index (χ4v) is 2.17. The van der Waals surface area contributed by atoms with Gasteiger partial charge in [-0.25, -0.2) is 4.39 Å². The summed E-state index contributed by atoms with van der Waals surface area (Å²) in [4.78, 5) is 25.1. The predicted octanol–water partition coefficient (Wildman–Crippen LogP) is 1.15. The number of nitrogens with zero attached hydrogens (tertiary/aromatic N) is 1. The fraction of sp³-hybridized carbons (Fsp3) is 0.500. The van der Waals surface area contributed by atoms with E-state index in [1.165, 1.54) is 30.1 Å². The molecule has 0 unspecified atom stereocenters. The summed E-state index contributed by atoms with van der Waals surface area (Å²) in [5, 5.41) is 8.70. The number of anilines is 1. The highest BCUT2D eigenvalue weighted by Crippen LogP contribution is 2.23. The highest BCUT2D eigenvalue weighted by molar-refractivity contribution is 6.30. The molecule has 0 heterocycles. The molecular weight excluding hydrogens is 335 g/mol. The Morgan fingerprint density at radius 1 is 1.21 bits per heavy atom. The zero-order valence-corrected chi connectivity index (χ0v) is 14.9. The van der Waals surface area contributed by atoms with Gasteiger partial charge in [0.1, 0.15) is 5.82 Å². The number of likely N-dealkylation sites (N-methyl/N-ethyl adjacent to an activating group) is 1. The van der Waals surface area contributed by atoms with Crippen LogP contribution in [0.3, 0.4) is 0 Å². The molecule has 0 saturated heterocycles. The van der Waals surface area contributed by atoms with Crippen LogP contribution in [-0.2, 0) is 9.59 Å². The van der Waals surface area contributed by atoms with Gasteiger partial charge in [0.05, 0.1) is 18.8 Å². The van der Waals surface area contributed by atoms with Crippen molar-refractivity contribution >= 4 is 29.1 Å². The van der Waals surface area contributed by atoms with E-state index in [-0.39, 0.29) is 30.6 Å². The van der Waals surface area contributed by atoms with E-state index in [1.807, 2.05) is 13.8 Å². The Bertz CT molecular complexity index is 569. The number of amides is 2. The minimum atomic E-state index is -0.544. The van der Waals surface area contributed by atoms with E-state index in [0.717, 1.165) is 0 Å². The summed E-state index contributed by atoms with van der Waals surface area (Å²) in [7, 11) is 1.48. The van der Waals surface area contributed by atoms with Gasteiger partial charge >= 0.3 is 0 Å². The van der Waals surface area contributed by atoms with Gasteiger partial charge in [-0.05, 0) is 18.2 Å². The summed E-state index contributed by atoms with van der Waals surface area (Å²) in [6.07, 6.45) is 0. The third kappa shape index (κ3) is 7.14. The van der Waals surface area contributed by atoms with E-state index < -0.39 is 5.82 Å². The Morgan fingerprint density at radius 2 is 1.88 bits per heavy atom. The average molecular weight is 359 g/mol. The summed E-state index contributed by atoms with van der Waals surface area (Å²) < 4.78 is 14.0. The van der Waals surface area contributed by atoms with Crippen molar-refractivity contribution in [2.75, 3.05) is 38.1 Å². The number of rotatable bonds is 9. The van der Waals surface area contributed by atoms with Crippen molar-refractivity contribution < 1.29 is 14.0 Å². The molecule has 0 atom stereocenters. The summed E-state index contributed by atoms with van der Waals surface area (Å²) in [6.45, 7) is 4.80. The first-order valence-electron chi connectivity index (χ1n) is 7.74. The predicted molar refractivity (Wildman–Crippen MR) is 93.8 cm³/mol. The Hall–Kier alpha value is -1.86. The highest BCUT2D eigenvalue weighted by atomic mass is 35.5. The number of hydrogen-bond acceptors (Lipinski definition) is 4. The molecule has 0 spiro atoms. The molecule has 8 heteroatoms. The van der Waals surface area contributed by atoms with Crippen LogP contribution in [0.4, 0.5) is 10.1 Å². The van der Waals surface area contributed by atoms with Crippen LogP contribution in [0.25, 0.3) is 0 Å². The van der Waals surface area contributed by atoms with Crippen LogP contribution >= 0.6 is 11.6 Å². The molecule has 0 aliphatic rings. The van der Waals surface area contributed by atoms with Gasteiger partial charge in [-0.15, -0.1) is 0 Å². The summed E-state index contributed by atoms with van der Waals surface area (Å²) in [6, 6.07) is 4.34. The first-order valence-corrected chi connectivity index (χ1v) is 8.12. The number of benzene rings is 1. The molecule has 134 valence electrons. The largest absolute Gasteiger partial charge is 0.358 e. The lowest BCUT2D eigenvalue weighted by Gasteiger charge is -2.24. The van der Waals surface area contributed by atoms with E-state index in [0.29, 0.717) is 24.2 Å². The number of nitrogens with one attached hydrogen (secondary N) is 3. The zero-order valence-electron chi connectivity index (χ0n) is 14.2. The molecular formula is C16H24ClFN4O2. The average Bonchev–Trinajstić information content (AvgIpc) is 2.53. The Kier molecular flexibility index (Phi) is 8.49. The van der Waals surface area contributed by atoms with Crippen LogP contribution in [-0.4, -0.2) is 51.1 Å². The van der Waals surface area contributed by atoms with Crippen LogP contribution in [0.5, 0.6) is 0 Å². The first-order chi connectivity index (χ1) is 11.3. The van der Waals surface area contributed by atoms with Crippen molar-refractivity contribution in [3.63, 3.8) is 0 Å². The van der Waals surface area contributed by atoms with Gasteiger partial charge in [0.15, 0.2) is 0 Å². The topological polar surface area (TPSA) is 73.5 Å². The molecule has 6 nitrogen and oxygen atoms in total. The fourth-order valence-electron chi connectivity index (χ4n) is 2.00. The molecule has 0 bridgehead atoms. The summed E-state index contributed by atoms with van der Waals surface area (Å²) >= 11 is 5.90. The molecule has 0 saturated carbocycles. The molecule has 0 aromatic heterocycles. The monoisotopic (exact) mass is 358 g/mol. The van der Waals surface area contributed by atoms with Crippen molar-refractivity contribution in [2.24, 2.45) is 0 Å². The Labute approximate surface area is 146 Å². The first kappa shape index (κ1) is 20.2. The minimum absolute atomic E-state index is 0.113. The smallest absolute Gasteiger partial charge is 0.239 e. The lowest BCUT2D eigenvalue weighted by atomic mass is 10.2. The third-order valence-corrected chi connectivity index (χ3v) is 3.43. The second-order valence-corrected chi connectivity index (χ2v) is 6.02.